The van der Waals surface area contributed by atoms with E-state index < -0.39 is 39.1 Å². The van der Waals surface area contributed by atoms with E-state index in [2.05, 4.69) is 10.6 Å². The molecule has 3 unspecified atom stereocenters. The van der Waals surface area contributed by atoms with Gasteiger partial charge in [-0.05, 0) is 60.7 Å². The van der Waals surface area contributed by atoms with Gasteiger partial charge < -0.3 is 21.1 Å². The van der Waals surface area contributed by atoms with Crippen LogP contribution in [0.5, 0.6) is 0 Å². The number of ether oxygens (including phenoxy) is 1. The summed E-state index contributed by atoms with van der Waals surface area (Å²) in [7, 11) is -3.98. The van der Waals surface area contributed by atoms with Crippen molar-refractivity contribution in [3.05, 3.63) is 78.4 Å². The van der Waals surface area contributed by atoms with Gasteiger partial charge in [0.2, 0.25) is 5.91 Å². The molecule has 4 N–H and O–H groups in total. The quantitative estimate of drug-likeness (QED) is 0.367. The monoisotopic (exact) mass is 523 g/mol. The van der Waals surface area contributed by atoms with Crippen molar-refractivity contribution in [2.45, 2.75) is 42.0 Å². The Balaban J connectivity index is 1.58. The third kappa shape index (κ3) is 6.18. The molecule has 1 heterocycles. The van der Waals surface area contributed by atoms with Crippen LogP contribution in [0.25, 0.3) is 10.8 Å². The highest BCUT2D eigenvalue weighted by atomic mass is 32.2. The maximum atomic E-state index is 14.0. The number of hydrogen-bond acceptors (Lipinski definition) is 7. The zero-order valence-corrected chi connectivity index (χ0v) is 21.6. The molecule has 0 radical (unpaired) electrons. The zero-order chi connectivity index (χ0) is 26.4. The number of nitrogens with one attached hydrogen (secondary N) is 2. The molecular weight excluding hydrogens is 490 g/mol. The van der Waals surface area contributed by atoms with Gasteiger partial charge in [0.05, 0.1) is 22.8 Å². The Morgan fingerprint density at radius 2 is 1.76 bits per heavy atom. The summed E-state index contributed by atoms with van der Waals surface area (Å²) < 4.78 is 33.2. The number of benzene rings is 3. The molecule has 0 spiro atoms. The molecule has 8 nitrogen and oxygen atoms in total. The molecule has 0 bridgehead atoms. The largest absolute Gasteiger partial charge is 0.465 e. The van der Waals surface area contributed by atoms with Crippen LogP contribution in [0.4, 0.5) is 0 Å². The van der Waals surface area contributed by atoms with Crippen LogP contribution in [-0.4, -0.2) is 57.3 Å². The lowest BCUT2D eigenvalue weighted by atomic mass is 9.91. The Hall–Kier alpha value is -3.27. The van der Waals surface area contributed by atoms with Crippen molar-refractivity contribution < 1.29 is 22.7 Å². The van der Waals surface area contributed by atoms with E-state index >= 15 is 0 Å². The summed E-state index contributed by atoms with van der Waals surface area (Å²) in [5.74, 6) is -1.49. The Bertz CT molecular complexity index is 1350. The first-order valence-corrected chi connectivity index (χ1v) is 14.1. The van der Waals surface area contributed by atoms with E-state index in [-0.39, 0.29) is 24.0 Å². The van der Waals surface area contributed by atoms with Crippen LogP contribution in [0.2, 0.25) is 0 Å². The predicted octanol–water partition coefficient (Wildman–Crippen LogP) is 2.21. The molecule has 1 aliphatic heterocycles. The molecule has 9 heteroatoms. The second kappa shape index (κ2) is 11.9. The summed E-state index contributed by atoms with van der Waals surface area (Å²) in [6, 6.07) is 20.1. The van der Waals surface area contributed by atoms with E-state index in [1.807, 2.05) is 54.6 Å². The Morgan fingerprint density at radius 3 is 2.49 bits per heavy atom. The van der Waals surface area contributed by atoms with Crippen molar-refractivity contribution in [2.75, 3.05) is 19.7 Å². The summed E-state index contributed by atoms with van der Waals surface area (Å²) in [5.41, 5.74) is 7.06. The van der Waals surface area contributed by atoms with Gasteiger partial charge in [-0.15, -0.1) is 0 Å². The molecule has 1 saturated heterocycles. The topological polar surface area (TPSA) is 128 Å². The molecule has 1 aliphatic rings. The minimum absolute atomic E-state index is 0.0797. The number of fused-ring (bicyclic) bond motifs is 1. The van der Waals surface area contributed by atoms with Crippen LogP contribution < -0.4 is 16.4 Å². The van der Waals surface area contributed by atoms with E-state index in [0.29, 0.717) is 19.4 Å². The van der Waals surface area contributed by atoms with Gasteiger partial charge in [-0.3, -0.25) is 9.59 Å². The van der Waals surface area contributed by atoms with Crippen molar-refractivity contribution >= 4 is 32.5 Å². The van der Waals surface area contributed by atoms with E-state index in [1.165, 1.54) is 0 Å². The molecule has 3 aromatic rings. The molecule has 0 aliphatic carbocycles. The maximum absolute atomic E-state index is 14.0. The fourth-order valence-electron chi connectivity index (χ4n) is 4.90. The molecule has 1 amide bonds. The highest BCUT2D eigenvalue weighted by Crippen LogP contribution is 2.31. The lowest BCUT2D eigenvalue weighted by molar-refractivity contribution is -0.146. The predicted molar refractivity (Wildman–Crippen MR) is 143 cm³/mol. The van der Waals surface area contributed by atoms with Gasteiger partial charge in [-0.2, -0.15) is 0 Å². The van der Waals surface area contributed by atoms with E-state index in [4.69, 9.17) is 10.5 Å². The minimum Gasteiger partial charge on any atom is -0.465 e. The average Bonchev–Trinajstić information content (AvgIpc) is 2.91. The summed E-state index contributed by atoms with van der Waals surface area (Å²) in [6.07, 6.45) is 0.824. The number of carbonyl (C=O) groups is 2. The van der Waals surface area contributed by atoms with Crippen molar-refractivity contribution in [1.82, 2.24) is 10.6 Å². The standard InChI is InChI=1S/C28H33N3O5S/c1-2-36-28(33)25-26(37(34,35)23-13-12-20-10-6-7-11-21(20)17-23)22(14-15-30-25)18-31-27(32)24(29)16-19-8-4-3-5-9-19/h3-13,17,22,24-26,30H,2,14-16,18,29H2,1H3,(H,31,32)/t22?,24-,25?,26?/m0/s1. The molecule has 3 aromatic carbocycles. The average molecular weight is 524 g/mol. The molecular formula is C28H33N3O5S. The van der Waals surface area contributed by atoms with Gasteiger partial charge in [0, 0.05) is 6.54 Å². The Kier molecular flexibility index (Phi) is 8.58. The second-order valence-electron chi connectivity index (χ2n) is 9.29. The third-order valence-corrected chi connectivity index (χ3v) is 9.08. The molecule has 4 rings (SSSR count). The highest BCUT2D eigenvalue weighted by Gasteiger charge is 2.47. The van der Waals surface area contributed by atoms with E-state index in [0.717, 1.165) is 16.3 Å². The molecule has 1 fully saturated rings. The lowest BCUT2D eigenvalue weighted by Gasteiger charge is -2.37. The fourth-order valence-corrected chi connectivity index (χ4v) is 7.07. The maximum Gasteiger partial charge on any atom is 0.324 e. The number of amides is 1. The normalized spacial score (nSPS) is 20.8. The first-order chi connectivity index (χ1) is 17.8. The van der Waals surface area contributed by atoms with Crippen LogP contribution >= 0.6 is 0 Å². The number of hydrogen-bond donors (Lipinski definition) is 3. The van der Waals surface area contributed by atoms with Crippen molar-refractivity contribution in [1.29, 1.82) is 0 Å². The van der Waals surface area contributed by atoms with Gasteiger partial charge >= 0.3 is 5.97 Å². The summed E-state index contributed by atoms with van der Waals surface area (Å²) in [4.78, 5) is 25.8. The molecule has 37 heavy (non-hydrogen) atoms. The number of carbonyl (C=O) groups excluding carboxylic acids is 2. The first kappa shape index (κ1) is 26.8. The number of piperidine rings is 1. The van der Waals surface area contributed by atoms with E-state index in [9.17, 15) is 18.0 Å². The Labute approximate surface area is 217 Å². The zero-order valence-electron chi connectivity index (χ0n) is 20.8. The minimum atomic E-state index is -3.98. The summed E-state index contributed by atoms with van der Waals surface area (Å²) in [5, 5.41) is 6.48. The first-order valence-electron chi connectivity index (χ1n) is 12.5. The van der Waals surface area contributed by atoms with Gasteiger partial charge in [0.25, 0.3) is 0 Å². The highest BCUT2D eigenvalue weighted by molar-refractivity contribution is 7.92. The number of rotatable bonds is 9. The number of esters is 1. The van der Waals surface area contributed by atoms with Crippen molar-refractivity contribution in [3.8, 4) is 0 Å². The SMILES string of the molecule is CCOC(=O)C1NCCC(CNC(=O)[C@@H](N)Cc2ccccc2)C1S(=O)(=O)c1ccc2ccccc2c1. The molecule has 196 valence electrons. The number of nitrogens with two attached hydrogens (primary N) is 1. The van der Waals surface area contributed by atoms with Crippen molar-refractivity contribution in [3.63, 3.8) is 0 Å². The lowest BCUT2D eigenvalue weighted by Crippen LogP contribution is -2.59. The third-order valence-electron chi connectivity index (χ3n) is 6.79. The van der Waals surface area contributed by atoms with Crippen LogP contribution in [0.15, 0.2) is 77.7 Å². The van der Waals surface area contributed by atoms with Crippen molar-refractivity contribution in [2.24, 2.45) is 11.7 Å². The smallest absolute Gasteiger partial charge is 0.324 e. The molecule has 4 atom stereocenters. The van der Waals surface area contributed by atoms with Gasteiger partial charge in [0.1, 0.15) is 6.04 Å². The molecule has 0 saturated carbocycles. The van der Waals surface area contributed by atoms with Crippen LogP contribution in [-0.2, 0) is 30.6 Å². The summed E-state index contributed by atoms with van der Waals surface area (Å²) in [6.45, 7) is 2.31. The van der Waals surface area contributed by atoms with Crippen LogP contribution in [0.3, 0.4) is 0 Å². The fraction of sp³-hybridized carbons (Fsp3) is 0.357. The number of sulfone groups is 1. The summed E-state index contributed by atoms with van der Waals surface area (Å²) >= 11 is 0. The van der Waals surface area contributed by atoms with Gasteiger partial charge in [-0.1, -0.05) is 60.7 Å². The second-order valence-corrected chi connectivity index (χ2v) is 11.4. The molecule has 0 aromatic heterocycles. The van der Waals surface area contributed by atoms with Crippen LogP contribution in [0.1, 0.15) is 18.9 Å². The van der Waals surface area contributed by atoms with Crippen LogP contribution in [0, 0.1) is 5.92 Å². The van der Waals surface area contributed by atoms with E-state index in [1.54, 1.807) is 25.1 Å². The van der Waals surface area contributed by atoms with Gasteiger partial charge in [0.15, 0.2) is 9.84 Å². The Morgan fingerprint density at radius 1 is 1.05 bits per heavy atom. The van der Waals surface area contributed by atoms with Gasteiger partial charge in [-0.25, -0.2) is 8.42 Å².